The highest BCUT2D eigenvalue weighted by molar-refractivity contribution is 5.91. The average Bonchev–Trinajstić information content (AvgIpc) is 2.80. The maximum Gasteiger partial charge on any atom is 0.416 e. The van der Waals surface area contributed by atoms with Crippen LogP contribution in [0.3, 0.4) is 0 Å². The third kappa shape index (κ3) is 4.75. The first-order chi connectivity index (χ1) is 16.1. The lowest BCUT2D eigenvalue weighted by molar-refractivity contribution is -0.137. The van der Waals surface area contributed by atoms with Crippen LogP contribution in [0.2, 0.25) is 0 Å². The predicted octanol–water partition coefficient (Wildman–Crippen LogP) is 4.01. The minimum Gasteiger partial charge on any atom is -0.325 e. The largest absolute Gasteiger partial charge is 0.416 e. The van der Waals surface area contributed by atoms with Gasteiger partial charge in [0.05, 0.1) is 23.0 Å². The van der Waals surface area contributed by atoms with E-state index < -0.39 is 41.3 Å². The summed E-state index contributed by atoms with van der Waals surface area (Å²) in [7, 11) is 0. The van der Waals surface area contributed by atoms with E-state index in [0.29, 0.717) is 5.56 Å². The molecule has 0 aliphatic heterocycles. The van der Waals surface area contributed by atoms with Gasteiger partial charge >= 0.3 is 11.9 Å². The monoisotopic (exact) mass is 471 g/mol. The van der Waals surface area contributed by atoms with Gasteiger partial charge in [0, 0.05) is 5.69 Å². The van der Waals surface area contributed by atoms with Crippen molar-refractivity contribution in [2.45, 2.75) is 19.3 Å². The van der Waals surface area contributed by atoms with Gasteiger partial charge in [-0.05, 0) is 48.0 Å². The summed E-state index contributed by atoms with van der Waals surface area (Å²) in [6.07, 6.45) is -4.58. The van der Waals surface area contributed by atoms with Crippen LogP contribution >= 0.6 is 0 Å². The van der Waals surface area contributed by atoms with Crippen LogP contribution in [0.25, 0.3) is 10.9 Å². The Labute approximate surface area is 189 Å². The zero-order valence-corrected chi connectivity index (χ0v) is 17.5. The second-order valence-corrected chi connectivity index (χ2v) is 7.53. The minimum atomic E-state index is -4.58. The summed E-state index contributed by atoms with van der Waals surface area (Å²) in [6.45, 7) is -0.697. The summed E-state index contributed by atoms with van der Waals surface area (Å²) < 4.78 is 54.1. The van der Waals surface area contributed by atoms with Crippen molar-refractivity contribution < 1.29 is 22.4 Å². The van der Waals surface area contributed by atoms with Crippen molar-refractivity contribution in [3.63, 3.8) is 0 Å². The quantitative estimate of drug-likeness (QED) is 0.447. The lowest BCUT2D eigenvalue weighted by Crippen LogP contribution is -2.42. The second-order valence-electron chi connectivity index (χ2n) is 7.53. The normalized spacial score (nSPS) is 11.5. The molecule has 34 heavy (non-hydrogen) atoms. The summed E-state index contributed by atoms with van der Waals surface area (Å²) in [5, 5.41) is 2.53. The van der Waals surface area contributed by atoms with Crippen LogP contribution in [-0.2, 0) is 24.1 Å². The van der Waals surface area contributed by atoms with E-state index in [-0.39, 0.29) is 23.1 Å². The zero-order valence-electron chi connectivity index (χ0n) is 17.5. The fourth-order valence-electron chi connectivity index (χ4n) is 3.55. The van der Waals surface area contributed by atoms with Crippen molar-refractivity contribution in [1.29, 1.82) is 0 Å². The van der Waals surface area contributed by atoms with Crippen LogP contribution in [-0.4, -0.2) is 15.0 Å². The van der Waals surface area contributed by atoms with Crippen LogP contribution in [0.15, 0.2) is 82.4 Å². The molecular weight excluding hydrogens is 454 g/mol. The van der Waals surface area contributed by atoms with Gasteiger partial charge in [0.2, 0.25) is 5.91 Å². The number of para-hydroxylation sites is 1. The van der Waals surface area contributed by atoms with E-state index >= 15 is 0 Å². The molecule has 6 nitrogen and oxygen atoms in total. The molecule has 4 aromatic rings. The first-order valence-electron chi connectivity index (χ1n) is 10.1. The molecule has 0 aliphatic carbocycles. The van der Waals surface area contributed by atoms with E-state index in [0.717, 1.165) is 27.3 Å². The first-order valence-corrected chi connectivity index (χ1v) is 10.1. The molecule has 1 N–H and O–H groups in total. The lowest BCUT2D eigenvalue weighted by atomic mass is 10.2. The average molecular weight is 471 g/mol. The third-order valence-corrected chi connectivity index (χ3v) is 5.16. The highest BCUT2D eigenvalue weighted by atomic mass is 19.4. The van der Waals surface area contributed by atoms with Crippen molar-refractivity contribution in [1.82, 2.24) is 9.13 Å². The molecule has 174 valence electrons. The minimum absolute atomic E-state index is 0.0863. The molecule has 4 rings (SSSR count). The Morgan fingerprint density at radius 1 is 0.882 bits per heavy atom. The highest BCUT2D eigenvalue weighted by Gasteiger charge is 2.30. The van der Waals surface area contributed by atoms with E-state index in [9.17, 15) is 31.9 Å². The van der Waals surface area contributed by atoms with Gasteiger partial charge in [0.1, 0.15) is 12.4 Å². The number of carbonyl (C=O) groups is 1. The summed E-state index contributed by atoms with van der Waals surface area (Å²) in [6, 6.07) is 15.6. The third-order valence-electron chi connectivity index (χ3n) is 5.16. The Bertz CT molecular complexity index is 1490. The number of benzene rings is 3. The maximum atomic E-state index is 13.2. The number of nitrogens with zero attached hydrogens (tertiary/aromatic N) is 2. The molecule has 10 heteroatoms. The number of fused-ring (bicyclic) bond motifs is 1. The Kier molecular flexibility index (Phi) is 6.06. The molecule has 0 saturated heterocycles. The number of aromatic nitrogens is 2. The number of halogens is 4. The number of anilines is 1. The second kappa shape index (κ2) is 8.97. The number of rotatable bonds is 5. The summed E-state index contributed by atoms with van der Waals surface area (Å²) >= 11 is 0. The standard InChI is InChI=1S/C24H17F4N3O3/c25-17-10-8-15(9-11-17)13-31-22(33)19-6-1-2-7-20(19)30(23(31)34)14-21(32)29-18-5-3-4-16(12-18)24(26,27)28/h1-12H,13-14H2,(H,29,32). The number of hydrogen-bond donors (Lipinski definition) is 1. The predicted molar refractivity (Wildman–Crippen MR) is 118 cm³/mol. The van der Waals surface area contributed by atoms with Crippen LogP contribution in [0.1, 0.15) is 11.1 Å². The Balaban J connectivity index is 1.71. The smallest absolute Gasteiger partial charge is 0.325 e. The van der Waals surface area contributed by atoms with Crippen LogP contribution in [0, 0.1) is 5.82 Å². The lowest BCUT2D eigenvalue weighted by Gasteiger charge is -2.15. The molecule has 0 unspecified atom stereocenters. The number of hydrogen-bond acceptors (Lipinski definition) is 3. The SMILES string of the molecule is O=C(Cn1c(=O)n(Cc2ccc(F)cc2)c(=O)c2ccccc21)Nc1cccc(C(F)(F)F)c1. The summed E-state index contributed by atoms with van der Waals surface area (Å²) in [5.41, 5.74) is -1.69. The van der Waals surface area contributed by atoms with E-state index in [1.165, 1.54) is 42.5 Å². The summed E-state index contributed by atoms with van der Waals surface area (Å²) in [4.78, 5) is 38.8. The molecule has 1 amide bonds. The molecular formula is C24H17F4N3O3. The number of nitrogens with one attached hydrogen (secondary N) is 1. The molecule has 0 fully saturated rings. The number of amides is 1. The van der Waals surface area contributed by atoms with Crippen LogP contribution < -0.4 is 16.6 Å². The topological polar surface area (TPSA) is 73.1 Å². The molecule has 0 spiro atoms. The maximum absolute atomic E-state index is 13.2. The number of alkyl halides is 3. The fourth-order valence-corrected chi connectivity index (χ4v) is 3.55. The van der Waals surface area contributed by atoms with E-state index in [2.05, 4.69) is 5.32 Å². The van der Waals surface area contributed by atoms with Gasteiger partial charge in [-0.2, -0.15) is 13.2 Å². The molecule has 1 heterocycles. The molecule has 0 radical (unpaired) electrons. The Morgan fingerprint density at radius 3 is 2.29 bits per heavy atom. The van der Waals surface area contributed by atoms with Gasteiger partial charge < -0.3 is 5.32 Å². The zero-order chi connectivity index (χ0) is 24.5. The van der Waals surface area contributed by atoms with E-state index in [1.807, 2.05) is 0 Å². The highest BCUT2D eigenvalue weighted by Crippen LogP contribution is 2.30. The van der Waals surface area contributed by atoms with E-state index in [1.54, 1.807) is 12.1 Å². The fraction of sp³-hybridized carbons (Fsp3) is 0.125. The van der Waals surface area contributed by atoms with Gasteiger partial charge in [0.25, 0.3) is 5.56 Å². The molecule has 0 atom stereocenters. The van der Waals surface area contributed by atoms with Crippen molar-refractivity contribution >= 4 is 22.5 Å². The van der Waals surface area contributed by atoms with Gasteiger partial charge in [-0.1, -0.05) is 30.3 Å². The molecule has 0 aliphatic rings. The summed E-state index contributed by atoms with van der Waals surface area (Å²) in [5.74, 6) is -1.23. The Morgan fingerprint density at radius 2 is 1.59 bits per heavy atom. The van der Waals surface area contributed by atoms with Gasteiger partial charge in [-0.15, -0.1) is 0 Å². The molecule has 1 aromatic heterocycles. The molecule has 0 bridgehead atoms. The number of carbonyl (C=O) groups excluding carboxylic acids is 1. The Hall–Kier alpha value is -4.21. The molecule has 0 saturated carbocycles. The van der Waals surface area contributed by atoms with E-state index in [4.69, 9.17) is 0 Å². The van der Waals surface area contributed by atoms with Gasteiger partial charge in [-0.3, -0.25) is 18.7 Å². The van der Waals surface area contributed by atoms with Gasteiger partial charge in [0.15, 0.2) is 0 Å². The van der Waals surface area contributed by atoms with Crippen LogP contribution in [0.4, 0.5) is 23.2 Å². The van der Waals surface area contributed by atoms with Crippen molar-refractivity contribution in [2.24, 2.45) is 0 Å². The first kappa shape index (κ1) is 23.0. The molecule has 3 aromatic carbocycles. The van der Waals surface area contributed by atoms with Crippen molar-refractivity contribution in [2.75, 3.05) is 5.32 Å². The van der Waals surface area contributed by atoms with Crippen molar-refractivity contribution in [3.05, 3.63) is 111 Å². The van der Waals surface area contributed by atoms with Crippen molar-refractivity contribution in [3.8, 4) is 0 Å². The van der Waals surface area contributed by atoms with Crippen LogP contribution in [0.5, 0.6) is 0 Å². The van der Waals surface area contributed by atoms with Gasteiger partial charge in [-0.25, -0.2) is 9.18 Å².